The molecule has 2 heteroatoms. The first-order chi connectivity index (χ1) is 18.7. The third kappa shape index (κ3) is 4.41. The van der Waals surface area contributed by atoms with Gasteiger partial charge in [0, 0.05) is 5.02 Å². The van der Waals surface area contributed by atoms with E-state index in [1.54, 1.807) is 0 Å². The van der Waals surface area contributed by atoms with Gasteiger partial charge in [-0.25, -0.2) is 0 Å². The molecule has 0 saturated heterocycles. The molecule has 0 amide bonds. The molecular formula is C36H27ClO. The molecule has 0 saturated carbocycles. The molecule has 0 aliphatic heterocycles. The number of benzene rings is 5. The van der Waals surface area contributed by atoms with Crippen molar-refractivity contribution in [2.75, 3.05) is 0 Å². The molecule has 5 aromatic carbocycles. The largest absolute Gasteiger partial charge is 0.384 e. The number of aliphatic hydroxyl groups is 1. The van der Waals surface area contributed by atoms with E-state index in [0.717, 1.165) is 33.4 Å². The Morgan fingerprint density at radius 3 is 1.42 bits per heavy atom. The Labute approximate surface area is 229 Å². The predicted octanol–water partition coefficient (Wildman–Crippen LogP) is 8.80. The Balaban J connectivity index is 1.64. The van der Waals surface area contributed by atoms with E-state index in [0.29, 0.717) is 5.02 Å². The molecular weight excluding hydrogens is 484 g/mol. The number of halogens is 1. The summed E-state index contributed by atoms with van der Waals surface area (Å²) in [6, 6.07) is 49.3. The predicted molar refractivity (Wildman–Crippen MR) is 157 cm³/mol. The van der Waals surface area contributed by atoms with Crippen molar-refractivity contribution in [3.8, 4) is 0 Å². The normalized spacial score (nSPS) is 14.3. The van der Waals surface area contributed by atoms with E-state index >= 15 is 0 Å². The molecule has 1 unspecified atom stereocenters. The van der Waals surface area contributed by atoms with Crippen molar-refractivity contribution in [1.82, 2.24) is 0 Å². The molecule has 1 atom stereocenters. The third-order valence-corrected chi connectivity index (χ3v) is 7.56. The molecule has 6 rings (SSSR count). The van der Waals surface area contributed by atoms with Crippen LogP contribution in [0.25, 0.3) is 5.57 Å². The lowest BCUT2D eigenvalue weighted by atomic mass is 9.77. The fourth-order valence-corrected chi connectivity index (χ4v) is 5.56. The SMILES string of the molecule is OC(C(C1=CC1(c1ccccc1)c1ccccc1)=C(c1ccccc1)c1ccccc1)c1ccc(Cl)cc1. The van der Waals surface area contributed by atoms with Crippen LogP contribution < -0.4 is 0 Å². The number of hydrogen-bond donors (Lipinski definition) is 1. The summed E-state index contributed by atoms with van der Waals surface area (Å²) in [5.74, 6) is 0. The van der Waals surface area contributed by atoms with Gasteiger partial charge >= 0.3 is 0 Å². The van der Waals surface area contributed by atoms with Crippen molar-refractivity contribution in [2.24, 2.45) is 0 Å². The first-order valence-electron chi connectivity index (χ1n) is 12.8. The summed E-state index contributed by atoms with van der Waals surface area (Å²) in [6.07, 6.45) is 1.45. The molecule has 1 nitrogen and oxygen atoms in total. The molecule has 1 aliphatic carbocycles. The van der Waals surface area contributed by atoms with Gasteiger partial charge in [0.05, 0.1) is 5.41 Å². The quantitative estimate of drug-likeness (QED) is 0.232. The van der Waals surface area contributed by atoms with Gasteiger partial charge < -0.3 is 5.11 Å². The van der Waals surface area contributed by atoms with Crippen molar-refractivity contribution < 1.29 is 5.11 Å². The maximum atomic E-state index is 12.2. The van der Waals surface area contributed by atoms with Crippen LogP contribution in [0, 0.1) is 0 Å². The molecule has 0 fully saturated rings. The van der Waals surface area contributed by atoms with E-state index in [1.165, 1.54) is 11.1 Å². The second-order valence-corrected chi connectivity index (χ2v) is 10.0. The van der Waals surface area contributed by atoms with Crippen molar-refractivity contribution in [2.45, 2.75) is 11.5 Å². The minimum atomic E-state index is -0.858. The fourth-order valence-electron chi connectivity index (χ4n) is 5.43. The summed E-state index contributed by atoms with van der Waals surface area (Å²) in [7, 11) is 0. The second kappa shape index (κ2) is 10.3. The van der Waals surface area contributed by atoms with E-state index in [1.807, 2.05) is 72.8 Å². The Kier molecular flexibility index (Phi) is 6.55. The summed E-state index contributed by atoms with van der Waals surface area (Å²) in [5, 5.41) is 12.8. The van der Waals surface area contributed by atoms with E-state index in [9.17, 15) is 5.11 Å². The molecule has 1 N–H and O–H groups in total. The minimum absolute atomic E-state index is 0.430. The Hall–Kier alpha value is -4.17. The maximum Gasteiger partial charge on any atom is 0.105 e. The highest BCUT2D eigenvalue weighted by atomic mass is 35.5. The summed E-state index contributed by atoms with van der Waals surface area (Å²) in [6.45, 7) is 0. The minimum Gasteiger partial charge on any atom is -0.384 e. The zero-order valence-corrected chi connectivity index (χ0v) is 21.6. The van der Waals surface area contributed by atoms with Crippen molar-refractivity contribution in [3.05, 3.63) is 196 Å². The van der Waals surface area contributed by atoms with Crippen LogP contribution in [-0.4, -0.2) is 5.11 Å². The lowest BCUT2D eigenvalue weighted by Crippen LogP contribution is -2.17. The number of hydrogen-bond acceptors (Lipinski definition) is 1. The third-order valence-electron chi connectivity index (χ3n) is 7.30. The highest BCUT2D eigenvalue weighted by molar-refractivity contribution is 6.30. The molecule has 38 heavy (non-hydrogen) atoms. The van der Waals surface area contributed by atoms with E-state index in [-0.39, 0.29) is 0 Å². The van der Waals surface area contributed by atoms with Gasteiger partial charge in [-0.2, -0.15) is 0 Å². The maximum absolute atomic E-state index is 12.2. The van der Waals surface area contributed by atoms with E-state index in [2.05, 4.69) is 78.9 Å². The average molecular weight is 511 g/mol. The van der Waals surface area contributed by atoms with Gasteiger partial charge in [-0.15, -0.1) is 0 Å². The van der Waals surface area contributed by atoms with Crippen LogP contribution in [0.1, 0.15) is 33.9 Å². The molecule has 0 radical (unpaired) electrons. The van der Waals surface area contributed by atoms with Gasteiger partial charge in [-0.05, 0) is 56.7 Å². The van der Waals surface area contributed by atoms with E-state index < -0.39 is 11.5 Å². The second-order valence-electron chi connectivity index (χ2n) is 9.57. The van der Waals surface area contributed by atoms with Gasteiger partial charge in [0.15, 0.2) is 0 Å². The van der Waals surface area contributed by atoms with Crippen LogP contribution in [0.4, 0.5) is 0 Å². The molecule has 0 aromatic heterocycles. The summed E-state index contributed by atoms with van der Waals surface area (Å²) in [4.78, 5) is 0. The van der Waals surface area contributed by atoms with Crippen LogP contribution >= 0.6 is 11.6 Å². The lowest BCUT2D eigenvalue weighted by molar-refractivity contribution is 0.218. The Morgan fingerprint density at radius 1 is 0.553 bits per heavy atom. The highest BCUT2D eigenvalue weighted by Gasteiger charge is 2.50. The van der Waals surface area contributed by atoms with Crippen LogP contribution in [0.3, 0.4) is 0 Å². The zero-order chi connectivity index (χ0) is 26.0. The summed E-state index contributed by atoms with van der Waals surface area (Å²) in [5.41, 5.74) is 7.89. The topological polar surface area (TPSA) is 20.2 Å². The molecule has 0 spiro atoms. The van der Waals surface area contributed by atoms with Crippen molar-refractivity contribution in [3.63, 3.8) is 0 Å². The molecule has 0 heterocycles. The first kappa shape index (κ1) is 24.2. The standard InChI is InChI=1S/C36H27ClO/c37-31-23-21-28(22-24-31)35(38)34(33(26-13-5-1-6-14-26)27-15-7-2-8-16-27)32-25-36(32,29-17-9-3-10-18-29)30-19-11-4-12-20-30/h1-25,35,38H. The number of rotatable bonds is 7. The lowest BCUT2D eigenvalue weighted by Gasteiger charge is -2.26. The van der Waals surface area contributed by atoms with Crippen LogP contribution in [0.2, 0.25) is 5.02 Å². The monoisotopic (exact) mass is 510 g/mol. The smallest absolute Gasteiger partial charge is 0.105 e. The van der Waals surface area contributed by atoms with Crippen molar-refractivity contribution >= 4 is 17.2 Å². The first-order valence-corrected chi connectivity index (χ1v) is 13.2. The van der Waals surface area contributed by atoms with Gasteiger partial charge in [0.1, 0.15) is 6.10 Å². The number of allylic oxidation sites excluding steroid dienone is 1. The molecule has 0 bridgehead atoms. The van der Waals surface area contributed by atoms with Gasteiger partial charge in [-0.3, -0.25) is 0 Å². The van der Waals surface area contributed by atoms with Crippen molar-refractivity contribution in [1.29, 1.82) is 0 Å². The summed E-state index contributed by atoms with van der Waals surface area (Å²) < 4.78 is 0. The summed E-state index contributed by atoms with van der Waals surface area (Å²) >= 11 is 6.23. The van der Waals surface area contributed by atoms with Crippen LogP contribution in [0.5, 0.6) is 0 Å². The van der Waals surface area contributed by atoms with E-state index in [4.69, 9.17) is 11.6 Å². The average Bonchev–Trinajstić information content (AvgIpc) is 3.74. The Morgan fingerprint density at radius 2 is 0.974 bits per heavy atom. The Bertz CT molecular complexity index is 1510. The van der Waals surface area contributed by atoms with Crippen LogP contribution in [-0.2, 0) is 5.41 Å². The molecule has 5 aromatic rings. The van der Waals surface area contributed by atoms with Crippen LogP contribution in [0.15, 0.2) is 163 Å². The highest BCUT2D eigenvalue weighted by Crippen LogP contribution is 2.59. The molecule has 184 valence electrons. The van der Waals surface area contributed by atoms with Gasteiger partial charge in [0.25, 0.3) is 0 Å². The molecule has 1 aliphatic rings. The van der Waals surface area contributed by atoms with Gasteiger partial charge in [-0.1, -0.05) is 151 Å². The zero-order valence-electron chi connectivity index (χ0n) is 20.8. The fraction of sp³-hybridized carbons (Fsp3) is 0.0556. The number of aliphatic hydroxyl groups excluding tert-OH is 1. The van der Waals surface area contributed by atoms with Gasteiger partial charge in [0.2, 0.25) is 0 Å².